The monoisotopic (exact) mass is 357 g/mol. The Morgan fingerprint density at radius 1 is 1.38 bits per heavy atom. The van der Waals surface area contributed by atoms with Crippen molar-refractivity contribution >= 4 is 5.91 Å². The summed E-state index contributed by atoms with van der Waals surface area (Å²) in [6.45, 7) is 7.41. The lowest BCUT2D eigenvalue weighted by molar-refractivity contribution is -0.137. The molecule has 0 radical (unpaired) electrons. The Kier molecular flexibility index (Phi) is 4.39. The molecule has 1 heterocycles. The van der Waals surface area contributed by atoms with Crippen LogP contribution in [-0.2, 0) is 9.53 Å². The predicted molar refractivity (Wildman–Crippen MR) is 101 cm³/mol. The Morgan fingerprint density at radius 2 is 2.19 bits per heavy atom. The molecule has 2 bridgehead atoms. The van der Waals surface area contributed by atoms with E-state index in [9.17, 15) is 4.79 Å². The highest BCUT2D eigenvalue weighted by Crippen LogP contribution is 2.70. The highest BCUT2D eigenvalue weighted by atomic mass is 16.5. The summed E-state index contributed by atoms with van der Waals surface area (Å²) in [5.74, 6) is 1.04. The fourth-order valence-electron chi connectivity index (χ4n) is 6.30. The Morgan fingerprint density at radius 3 is 2.92 bits per heavy atom. The van der Waals surface area contributed by atoms with Crippen LogP contribution in [0.25, 0.3) is 0 Å². The third-order valence-electron chi connectivity index (χ3n) is 7.52. The summed E-state index contributed by atoms with van der Waals surface area (Å²) in [6.07, 6.45) is 3.69. The van der Waals surface area contributed by atoms with E-state index in [1.807, 2.05) is 0 Å². The lowest BCUT2D eigenvalue weighted by Gasteiger charge is -2.53. The lowest BCUT2D eigenvalue weighted by atomic mass is 9.58. The van der Waals surface area contributed by atoms with E-state index in [4.69, 9.17) is 9.84 Å². The number of hydrogen-bond acceptors (Lipinski definition) is 3. The summed E-state index contributed by atoms with van der Waals surface area (Å²) in [5, 5.41) is 12.5. The average molecular weight is 357 g/mol. The van der Waals surface area contributed by atoms with Gasteiger partial charge in [0.2, 0.25) is 5.91 Å². The molecule has 3 fully saturated rings. The maximum absolute atomic E-state index is 12.3. The second kappa shape index (κ2) is 6.35. The number of ether oxygens (including phenoxy) is 1. The topological polar surface area (TPSA) is 58.6 Å². The molecule has 2 N–H and O–H groups in total. The number of hydrogen-bond donors (Lipinski definition) is 2. The summed E-state index contributed by atoms with van der Waals surface area (Å²) in [4.78, 5) is 12.3. The fourth-order valence-corrected chi connectivity index (χ4v) is 6.30. The second-order valence-corrected chi connectivity index (χ2v) is 9.23. The van der Waals surface area contributed by atoms with Gasteiger partial charge in [0, 0.05) is 19.1 Å². The molecule has 4 nitrogen and oxygen atoms in total. The molecular weight excluding hydrogens is 326 g/mol. The van der Waals surface area contributed by atoms with Crippen LogP contribution in [0.1, 0.15) is 56.8 Å². The molecule has 1 aromatic rings. The standard InChI is InChI=1S/C22H31NO3/c1-14-5-4-6-15(11-14)19-17-12-16-13-22(17,8-10-26-19)20(21(16,2)3)23-18(25)7-9-24/h4-6,11,16-17,19-20,24H,7-10,12-13H2,1-3H3,(H,23,25)/t16-,17-,19-,20+,22-/m1/s1. The number of amides is 1. The van der Waals surface area contributed by atoms with E-state index in [0.29, 0.717) is 11.8 Å². The van der Waals surface area contributed by atoms with E-state index >= 15 is 0 Å². The molecular formula is C22H31NO3. The van der Waals surface area contributed by atoms with Crippen LogP contribution in [0.3, 0.4) is 0 Å². The van der Waals surface area contributed by atoms with E-state index in [1.54, 1.807) is 0 Å². The Balaban J connectivity index is 1.67. The zero-order chi connectivity index (χ0) is 18.5. The zero-order valence-corrected chi connectivity index (χ0v) is 16.1. The van der Waals surface area contributed by atoms with Gasteiger partial charge < -0.3 is 15.2 Å². The third kappa shape index (κ3) is 2.61. The van der Waals surface area contributed by atoms with Gasteiger partial charge in [-0.05, 0) is 54.4 Å². The lowest BCUT2D eigenvalue weighted by Crippen LogP contribution is -2.59. The fraction of sp³-hybridized carbons (Fsp3) is 0.682. The van der Waals surface area contributed by atoms with Crippen LogP contribution in [0.5, 0.6) is 0 Å². The van der Waals surface area contributed by atoms with Crippen LogP contribution >= 0.6 is 0 Å². The van der Waals surface area contributed by atoms with Crippen molar-refractivity contribution in [2.24, 2.45) is 22.7 Å². The molecule has 2 aliphatic carbocycles. The number of rotatable bonds is 4. The van der Waals surface area contributed by atoms with E-state index in [1.165, 1.54) is 24.0 Å². The Bertz CT molecular complexity index is 700. The molecule has 1 aliphatic heterocycles. The largest absolute Gasteiger partial charge is 0.396 e. The first-order chi connectivity index (χ1) is 12.4. The number of carbonyl (C=O) groups excluding carboxylic acids is 1. The first-order valence-corrected chi connectivity index (χ1v) is 9.97. The van der Waals surface area contributed by atoms with Gasteiger partial charge in [-0.2, -0.15) is 0 Å². The van der Waals surface area contributed by atoms with Crippen molar-refractivity contribution < 1.29 is 14.6 Å². The van der Waals surface area contributed by atoms with E-state index < -0.39 is 0 Å². The summed E-state index contributed by atoms with van der Waals surface area (Å²) >= 11 is 0. The van der Waals surface area contributed by atoms with Crippen molar-refractivity contribution in [2.75, 3.05) is 13.2 Å². The van der Waals surface area contributed by atoms with Gasteiger partial charge >= 0.3 is 0 Å². The Hall–Kier alpha value is -1.39. The van der Waals surface area contributed by atoms with Crippen LogP contribution in [-0.4, -0.2) is 30.3 Å². The van der Waals surface area contributed by atoms with Crippen molar-refractivity contribution in [1.82, 2.24) is 5.32 Å². The molecule has 3 aliphatic rings. The zero-order valence-electron chi connectivity index (χ0n) is 16.1. The number of aliphatic hydroxyl groups excluding tert-OH is 1. The van der Waals surface area contributed by atoms with Gasteiger partial charge in [-0.1, -0.05) is 43.7 Å². The second-order valence-electron chi connectivity index (χ2n) is 9.23. The summed E-state index contributed by atoms with van der Waals surface area (Å²) in [6, 6.07) is 8.85. The number of aryl methyl sites for hydroxylation is 1. The number of benzene rings is 1. The maximum Gasteiger partial charge on any atom is 0.222 e. The molecule has 4 heteroatoms. The summed E-state index contributed by atoms with van der Waals surface area (Å²) < 4.78 is 6.30. The van der Waals surface area contributed by atoms with Gasteiger partial charge in [0.15, 0.2) is 0 Å². The highest BCUT2D eigenvalue weighted by Gasteiger charge is 2.68. The number of carbonyl (C=O) groups is 1. The first kappa shape index (κ1) is 18.0. The first-order valence-electron chi connectivity index (χ1n) is 9.97. The maximum atomic E-state index is 12.3. The predicted octanol–water partition coefficient (Wildman–Crippen LogP) is 3.38. The summed E-state index contributed by atoms with van der Waals surface area (Å²) in [5.41, 5.74) is 2.75. The molecule has 0 unspecified atom stereocenters. The quantitative estimate of drug-likeness (QED) is 0.868. The molecule has 1 aromatic carbocycles. The van der Waals surface area contributed by atoms with Crippen LogP contribution in [0.4, 0.5) is 0 Å². The molecule has 4 rings (SSSR count). The van der Waals surface area contributed by atoms with Gasteiger partial charge in [-0.25, -0.2) is 0 Å². The van der Waals surface area contributed by atoms with E-state index in [-0.39, 0.29) is 41.9 Å². The van der Waals surface area contributed by atoms with Gasteiger partial charge in [-0.15, -0.1) is 0 Å². The third-order valence-corrected chi connectivity index (χ3v) is 7.52. The van der Waals surface area contributed by atoms with Gasteiger partial charge in [0.1, 0.15) is 0 Å². The van der Waals surface area contributed by atoms with Crippen molar-refractivity contribution in [3.05, 3.63) is 35.4 Å². The van der Waals surface area contributed by atoms with Crippen molar-refractivity contribution in [3.8, 4) is 0 Å². The molecule has 1 spiro atoms. The SMILES string of the molecule is Cc1cccc([C@H]2OCC[C@@]34C[C@@H](C[C@H]23)C(C)(C)[C@@H]4NC(=O)CCO)c1. The molecule has 26 heavy (non-hydrogen) atoms. The molecule has 5 atom stereocenters. The number of nitrogens with one attached hydrogen (secondary N) is 1. The van der Waals surface area contributed by atoms with Gasteiger partial charge in [0.25, 0.3) is 0 Å². The minimum Gasteiger partial charge on any atom is -0.396 e. The molecule has 142 valence electrons. The number of fused-ring (bicyclic) bond motifs is 1. The Labute approximate surface area is 156 Å². The van der Waals surface area contributed by atoms with Crippen LogP contribution in [0, 0.1) is 29.6 Å². The highest BCUT2D eigenvalue weighted by molar-refractivity contribution is 5.76. The number of aliphatic hydroxyl groups is 1. The van der Waals surface area contributed by atoms with Crippen molar-refractivity contribution in [2.45, 2.75) is 58.6 Å². The average Bonchev–Trinajstić information content (AvgIpc) is 3.08. The van der Waals surface area contributed by atoms with Crippen LogP contribution in [0.15, 0.2) is 24.3 Å². The molecule has 2 saturated carbocycles. The molecule has 1 amide bonds. The van der Waals surface area contributed by atoms with Crippen LogP contribution in [0.2, 0.25) is 0 Å². The van der Waals surface area contributed by atoms with E-state index in [2.05, 4.69) is 50.4 Å². The minimum absolute atomic E-state index is 0.0233. The van der Waals surface area contributed by atoms with E-state index in [0.717, 1.165) is 13.0 Å². The van der Waals surface area contributed by atoms with Crippen molar-refractivity contribution in [3.63, 3.8) is 0 Å². The van der Waals surface area contributed by atoms with Crippen LogP contribution < -0.4 is 5.32 Å². The normalized spacial score (nSPS) is 37.4. The smallest absolute Gasteiger partial charge is 0.222 e. The molecule has 1 saturated heterocycles. The molecule has 0 aromatic heterocycles. The summed E-state index contributed by atoms with van der Waals surface area (Å²) in [7, 11) is 0. The minimum atomic E-state index is -0.0894. The van der Waals surface area contributed by atoms with Gasteiger partial charge in [-0.3, -0.25) is 4.79 Å². The van der Waals surface area contributed by atoms with Gasteiger partial charge in [0.05, 0.1) is 12.7 Å². The van der Waals surface area contributed by atoms with Crippen molar-refractivity contribution in [1.29, 1.82) is 0 Å².